The van der Waals surface area contributed by atoms with E-state index in [1.165, 1.54) is 4.90 Å². The van der Waals surface area contributed by atoms with Crippen molar-refractivity contribution in [3.8, 4) is 0 Å². The Balaban J connectivity index is 1.61. The maximum Gasteiger partial charge on any atom is 0.451 e. The molecular formula is C16H18F5N5O. The van der Waals surface area contributed by atoms with E-state index in [-0.39, 0.29) is 43.9 Å². The number of fused-ring (bicyclic) bond motifs is 1. The molecular weight excluding hydrogens is 373 g/mol. The van der Waals surface area contributed by atoms with Crippen molar-refractivity contribution in [1.29, 1.82) is 0 Å². The van der Waals surface area contributed by atoms with E-state index < -0.39 is 35.9 Å². The molecule has 6 nitrogen and oxygen atoms in total. The number of hydrogen-bond donors (Lipinski definition) is 2. The zero-order chi connectivity index (χ0) is 19.8. The van der Waals surface area contributed by atoms with Crippen LogP contribution in [0.4, 0.5) is 22.0 Å². The number of alkyl halides is 3. The van der Waals surface area contributed by atoms with Crippen molar-refractivity contribution < 1.29 is 27.1 Å². The molecule has 2 unspecified atom stereocenters. The third kappa shape index (κ3) is 4.42. The molecule has 2 aromatic rings. The Morgan fingerprint density at radius 2 is 1.93 bits per heavy atom. The largest absolute Gasteiger partial charge is 0.451 e. The molecule has 148 valence electrons. The van der Waals surface area contributed by atoms with Gasteiger partial charge in [0.15, 0.2) is 0 Å². The molecule has 0 bridgehead atoms. The summed E-state index contributed by atoms with van der Waals surface area (Å²) >= 11 is 0. The van der Waals surface area contributed by atoms with E-state index in [1.807, 2.05) is 0 Å². The molecule has 0 saturated heterocycles. The van der Waals surface area contributed by atoms with Crippen LogP contribution in [-0.2, 0) is 25.7 Å². The normalized spacial score (nSPS) is 17.6. The molecule has 0 radical (unpaired) electrons. The van der Waals surface area contributed by atoms with Gasteiger partial charge < -0.3 is 15.4 Å². The first-order valence-electron chi connectivity index (χ1n) is 8.26. The molecule has 3 rings (SSSR count). The summed E-state index contributed by atoms with van der Waals surface area (Å²) in [7, 11) is 0. The van der Waals surface area contributed by atoms with Crippen LogP contribution >= 0.6 is 0 Å². The SMILES string of the molecule is NC(Cc1cc(F)ccc1F)CC(O)N1CCn2c(nnc2C(F)(F)F)C1. The van der Waals surface area contributed by atoms with E-state index in [0.29, 0.717) is 0 Å². The molecule has 1 aliphatic rings. The van der Waals surface area contributed by atoms with Gasteiger partial charge in [0, 0.05) is 25.6 Å². The van der Waals surface area contributed by atoms with E-state index in [1.54, 1.807) is 0 Å². The lowest BCUT2D eigenvalue weighted by Gasteiger charge is -2.33. The predicted molar refractivity (Wildman–Crippen MR) is 84.1 cm³/mol. The summed E-state index contributed by atoms with van der Waals surface area (Å²) in [6.45, 7) is 0.101. The molecule has 0 fully saturated rings. The van der Waals surface area contributed by atoms with E-state index in [4.69, 9.17) is 5.73 Å². The predicted octanol–water partition coefficient (Wildman–Crippen LogP) is 1.67. The number of nitrogens with two attached hydrogens (primary N) is 1. The highest BCUT2D eigenvalue weighted by atomic mass is 19.4. The lowest BCUT2D eigenvalue weighted by molar-refractivity contribution is -0.148. The summed E-state index contributed by atoms with van der Waals surface area (Å²) in [4.78, 5) is 1.52. The molecule has 0 aliphatic carbocycles. The van der Waals surface area contributed by atoms with Crippen molar-refractivity contribution in [2.75, 3.05) is 6.54 Å². The summed E-state index contributed by atoms with van der Waals surface area (Å²) in [5.41, 5.74) is 6.03. The van der Waals surface area contributed by atoms with E-state index in [0.717, 1.165) is 22.8 Å². The highest BCUT2D eigenvalue weighted by Crippen LogP contribution is 2.29. The van der Waals surface area contributed by atoms with Crippen LogP contribution in [-0.4, -0.2) is 43.6 Å². The van der Waals surface area contributed by atoms with Crippen LogP contribution in [0.2, 0.25) is 0 Å². The molecule has 1 aliphatic heterocycles. The third-order valence-corrected chi connectivity index (χ3v) is 4.46. The summed E-state index contributed by atoms with van der Waals surface area (Å²) < 4.78 is 66.4. The molecule has 1 aromatic carbocycles. The first kappa shape index (κ1) is 19.6. The molecule has 0 saturated carbocycles. The van der Waals surface area contributed by atoms with Gasteiger partial charge in [0.05, 0.1) is 6.54 Å². The summed E-state index contributed by atoms with van der Waals surface area (Å²) in [6.07, 6.45) is -5.60. The van der Waals surface area contributed by atoms with Gasteiger partial charge in [-0.3, -0.25) is 4.90 Å². The first-order valence-corrected chi connectivity index (χ1v) is 8.26. The second kappa shape index (κ2) is 7.49. The van der Waals surface area contributed by atoms with E-state index in [2.05, 4.69) is 10.2 Å². The number of aromatic nitrogens is 3. The van der Waals surface area contributed by atoms with Gasteiger partial charge in [0.2, 0.25) is 5.82 Å². The smallest absolute Gasteiger partial charge is 0.378 e. The molecule has 2 heterocycles. The number of halogens is 5. The number of nitrogens with zero attached hydrogens (tertiary/aromatic N) is 4. The van der Waals surface area contributed by atoms with Crippen molar-refractivity contribution >= 4 is 0 Å². The van der Waals surface area contributed by atoms with Gasteiger partial charge in [-0.15, -0.1) is 10.2 Å². The average Bonchev–Trinajstić information content (AvgIpc) is 3.01. The fourth-order valence-corrected chi connectivity index (χ4v) is 3.13. The Hall–Kier alpha value is -2.11. The van der Waals surface area contributed by atoms with Crippen molar-refractivity contribution in [2.45, 2.75) is 44.4 Å². The van der Waals surface area contributed by atoms with Gasteiger partial charge in [0.1, 0.15) is 23.7 Å². The Kier molecular flexibility index (Phi) is 5.45. The monoisotopic (exact) mass is 391 g/mol. The second-order valence-corrected chi connectivity index (χ2v) is 6.48. The number of aliphatic hydroxyl groups is 1. The van der Waals surface area contributed by atoms with Crippen LogP contribution in [0.5, 0.6) is 0 Å². The number of benzene rings is 1. The van der Waals surface area contributed by atoms with Gasteiger partial charge in [0.25, 0.3) is 0 Å². The molecule has 3 N–H and O–H groups in total. The molecule has 1 aromatic heterocycles. The molecule has 27 heavy (non-hydrogen) atoms. The molecule has 11 heteroatoms. The number of hydrogen-bond acceptors (Lipinski definition) is 5. The number of rotatable bonds is 5. The summed E-state index contributed by atoms with van der Waals surface area (Å²) in [6, 6.07) is 2.38. The van der Waals surface area contributed by atoms with Crippen molar-refractivity contribution in [1.82, 2.24) is 19.7 Å². The minimum atomic E-state index is -4.59. The van der Waals surface area contributed by atoms with Crippen LogP contribution in [0.25, 0.3) is 0 Å². The minimum absolute atomic E-state index is 0.0168. The fourth-order valence-electron chi connectivity index (χ4n) is 3.13. The maximum absolute atomic E-state index is 13.7. The second-order valence-electron chi connectivity index (χ2n) is 6.48. The maximum atomic E-state index is 13.7. The Bertz CT molecular complexity index is 809. The molecule has 0 spiro atoms. The van der Waals surface area contributed by atoms with Crippen molar-refractivity contribution in [2.24, 2.45) is 5.73 Å². The van der Waals surface area contributed by atoms with Crippen LogP contribution in [0.15, 0.2) is 18.2 Å². The Morgan fingerprint density at radius 1 is 1.19 bits per heavy atom. The zero-order valence-electron chi connectivity index (χ0n) is 14.1. The van der Waals surface area contributed by atoms with Gasteiger partial charge >= 0.3 is 6.18 Å². The minimum Gasteiger partial charge on any atom is -0.378 e. The van der Waals surface area contributed by atoms with Gasteiger partial charge in [-0.2, -0.15) is 13.2 Å². The van der Waals surface area contributed by atoms with Gasteiger partial charge in [-0.05, 0) is 30.2 Å². The molecule has 0 amide bonds. The fraction of sp³-hybridized carbons (Fsp3) is 0.500. The highest BCUT2D eigenvalue weighted by Gasteiger charge is 2.40. The summed E-state index contributed by atoms with van der Waals surface area (Å²) in [5.74, 6) is -2.15. The van der Waals surface area contributed by atoms with Crippen molar-refractivity contribution in [3.05, 3.63) is 47.0 Å². The quantitative estimate of drug-likeness (QED) is 0.758. The van der Waals surface area contributed by atoms with Crippen LogP contribution in [0.3, 0.4) is 0 Å². The molecule has 2 atom stereocenters. The van der Waals surface area contributed by atoms with Crippen LogP contribution < -0.4 is 5.73 Å². The average molecular weight is 391 g/mol. The Labute approximate surface area is 151 Å². The van der Waals surface area contributed by atoms with Gasteiger partial charge in [-0.25, -0.2) is 8.78 Å². The standard InChI is InChI=1S/C16H18F5N5O/c17-10-1-2-12(18)9(5-10)6-11(22)7-14(27)25-3-4-26-13(8-25)23-24-15(26)16(19,20)21/h1-2,5,11,14,27H,3-4,6-8,22H2. The first-order chi connectivity index (χ1) is 12.6. The lowest BCUT2D eigenvalue weighted by atomic mass is 10.0. The van der Waals surface area contributed by atoms with E-state index >= 15 is 0 Å². The third-order valence-electron chi connectivity index (χ3n) is 4.46. The Morgan fingerprint density at radius 3 is 2.63 bits per heavy atom. The zero-order valence-corrected chi connectivity index (χ0v) is 14.1. The van der Waals surface area contributed by atoms with Crippen LogP contribution in [0.1, 0.15) is 23.6 Å². The topological polar surface area (TPSA) is 80.2 Å². The number of aliphatic hydroxyl groups excluding tert-OH is 1. The highest BCUT2D eigenvalue weighted by molar-refractivity contribution is 5.19. The van der Waals surface area contributed by atoms with E-state index in [9.17, 15) is 27.1 Å². The summed E-state index contributed by atoms with van der Waals surface area (Å²) in [5, 5.41) is 17.1. The van der Waals surface area contributed by atoms with Gasteiger partial charge in [-0.1, -0.05) is 0 Å². The lowest BCUT2D eigenvalue weighted by Crippen LogP contribution is -2.44. The van der Waals surface area contributed by atoms with Crippen molar-refractivity contribution in [3.63, 3.8) is 0 Å². The van der Waals surface area contributed by atoms with Crippen LogP contribution in [0, 0.1) is 11.6 Å².